The summed E-state index contributed by atoms with van der Waals surface area (Å²) in [6.07, 6.45) is 3.58. The molecule has 2 heterocycles. The minimum absolute atomic E-state index is 0.0264. The van der Waals surface area contributed by atoms with E-state index in [2.05, 4.69) is 39.6 Å². The van der Waals surface area contributed by atoms with E-state index in [4.69, 9.17) is 4.98 Å². The maximum atomic E-state index is 12.8. The van der Waals surface area contributed by atoms with E-state index in [1.165, 1.54) is 0 Å². The van der Waals surface area contributed by atoms with Gasteiger partial charge in [-0.25, -0.2) is 4.98 Å². The van der Waals surface area contributed by atoms with Gasteiger partial charge >= 0.3 is 0 Å². The molecule has 0 saturated carbocycles. The third-order valence-corrected chi connectivity index (χ3v) is 5.75. The van der Waals surface area contributed by atoms with Gasteiger partial charge in [-0.3, -0.25) is 4.79 Å². The lowest BCUT2D eigenvalue weighted by Gasteiger charge is -2.32. The molecule has 1 atom stereocenters. The highest BCUT2D eigenvalue weighted by Crippen LogP contribution is 2.27. The number of aromatic nitrogens is 2. The number of rotatable bonds is 6. The van der Waals surface area contributed by atoms with Crippen molar-refractivity contribution in [3.63, 3.8) is 0 Å². The largest absolute Gasteiger partial charge is 0.349 e. The molecule has 0 aliphatic carbocycles. The van der Waals surface area contributed by atoms with Crippen LogP contribution in [0.1, 0.15) is 31.4 Å². The molecule has 1 aliphatic rings. The Morgan fingerprint density at radius 1 is 1.17 bits per heavy atom. The van der Waals surface area contributed by atoms with Crippen LogP contribution in [-0.4, -0.2) is 28.5 Å². The zero-order chi connectivity index (χ0) is 20.2. The Balaban J connectivity index is 1.42. The predicted molar refractivity (Wildman–Crippen MR) is 118 cm³/mol. The van der Waals surface area contributed by atoms with E-state index < -0.39 is 0 Å². The molecule has 0 radical (unpaired) electrons. The maximum Gasteiger partial charge on any atom is 0.223 e. The predicted octanol–water partition coefficient (Wildman–Crippen LogP) is 4.32. The Morgan fingerprint density at radius 3 is 2.59 bits per heavy atom. The number of imidazole rings is 1. The second-order valence-corrected chi connectivity index (χ2v) is 7.70. The minimum atomic E-state index is 0.0264. The van der Waals surface area contributed by atoms with Crippen LogP contribution in [0.4, 0.5) is 5.95 Å². The number of allylic oxidation sites excluding steroid dienone is 1. The quantitative estimate of drug-likeness (QED) is 0.640. The Labute approximate surface area is 172 Å². The van der Waals surface area contributed by atoms with E-state index in [0.717, 1.165) is 55.0 Å². The first-order valence-corrected chi connectivity index (χ1v) is 10.3. The van der Waals surface area contributed by atoms with Crippen molar-refractivity contribution in [3.05, 3.63) is 72.8 Å². The molecule has 29 heavy (non-hydrogen) atoms. The molecule has 150 valence electrons. The average molecular weight is 389 g/mol. The molecule has 1 fully saturated rings. The molecule has 3 aromatic rings. The van der Waals surface area contributed by atoms with Crippen LogP contribution < -0.4 is 10.2 Å². The molecule has 5 heteroatoms. The van der Waals surface area contributed by atoms with Crippen molar-refractivity contribution in [3.8, 4) is 0 Å². The summed E-state index contributed by atoms with van der Waals surface area (Å²) >= 11 is 0. The standard InChI is InChI=1S/C24H28N4O/c1-3-15-28-22-12-8-7-11-21(22)26-24(28)27-16-13-20(14-17-27)23(29)25-18(2)19-9-5-4-6-10-19/h3-12,18,20H,1,13-17H2,2H3,(H,25,29)/t18-/m1/s1. The van der Waals surface area contributed by atoms with Gasteiger partial charge in [-0.05, 0) is 37.5 Å². The molecule has 1 aromatic heterocycles. The van der Waals surface area contributed by atoms with Gasteiger partial charge in [0.25, 0.3) is 0 Å². The van der Waals surface area contributed by atoms with E-state index in [9.17, 15) is 4.79 Å². The smallest absolute Gasteiger partial charge is 0.223 e. The van der Waals surface area contributed by atoms with Gasteiger partial charge in [0, 0.05) is 25.6 Å². The van der Waals surface area contributed by atoms with Crippen LogP contribution in [0.25, 0.3) is 11.0 Å². The van der Waals surface area contributed by atoms with Gasteiger partial charge in [-0.1, -0.05) is 48.5 Å². The number of piperidine rings is 1. The SMILES string of the molecule is C=CCn1c(N2CCC(C(=O)N[C@H](C)c3ccccc3)CC2)nc2ccccc21. The Kier molecular flexibility index (Phi) is 5.65. The van der Waals surface area contributed by atoms with Crippen LogP contribution in [-0.2, 0) is 11.3 Å². The molecule has 0 spiro atoms. The van der Waals surface area contributed by atoms with Crippen molar-refractivity contribution < 1.29 is 4.79 Å². The van der Waals surface area contributed by atoms with E-state index in [-0.39, 0.29) is 17.9 Å². The average Bonchev–Trinajstić information content (AvgIpc) is 3.13. The fraction of sp³-hybridized carbons (Fsp3) is 0.333. The first kappa shape index (κ1) is 19.2. The number of carbonyl (C=O) groups is 1. The number of hydrogen-bond acceptors (Lipinski definition) is 3. The molecule has 1 amide bonds. The Morgan fingerprint density at radius 2 is 1.86 bits per heavy atom. The molecule has 1 N–H and O–H groups in total. The summed E-state index contributed by atoms with van der Waals surface area (Å²) in [6.45, 7) is 8.33. The number of para-hydroxylation sites is 2. The highest BCUT2D eigenvalue weighted by molar-refractivity contribution is 5.80. The van der Waals surface area contributed by atoms with Crippen molar-refractivity contribution >= 4 is 22.9 Å². The van der Waals surface area contributed by atoms with Gasteiger partial charge in [0.15, 0.2) is 0 Å². The number of fused-ring (bicyclic) bond motifs is 1. The topological polar surface area (TPSA) is 50.2 Å². The third-order valence-electron chi connectivity index (χ3n) is 5.75. The summed E-state index contributed by atoms with van der Waals surface area (Å²) in [5.41, 5.74) is 3.26. The number of hydrogen-bond donors (Lipinski definition) is 1. The van der Waals surface area contributed by atoms with Crippen molar-refractivity contribution in [2.75, 3.05) is 18.0 Å². The monoisotopic (exact) mass is 388 g/mol. The van der Waals surface area contributed by atoms with Crippen LogP contribution in [0.2, 0.25) is 0 Å². The van der Waals surface area contributed by atoms with Gasteiger partial charge in [0.2, 0.25) is 11.9 Å². The fourth-order valence-corrected chi connectivity index (χ4v) is 4.11. The van der Waals surface area contributed by atoms with Gasteiger partial charge in [-0.2, -0.15) is 0 Å². The molecule has 1 aliphatic heterocycles. The normalized spacial score (nSPS) is 16.0. The van der Waals surface area contributed by atoms with Gasteiger partial charge in [0.05, 0.1) is 17.1 Å². The third kappa shape index (κ3) is 4.04. The second kappa shape index (κ2) is 8.52. The lowest BCUT2D eigenvalue weighted by molar-refractivity contribution is -0.126. The highest BCUT2D eigenvalue weighted by Gasteiger charge is 2.28. The molecular weight excluding hydrogens is 360 g/mol. The fourth-order valence-electron chi connectivity index (χ4n) is 4.11. The zero-order valence-electron chi connectivity index (χ0n) is 16.9. The summed E-state index contributed by atoms with van der Waals surface area (Å²) in [4.78, 5) is 19.9. The number of amides is 1. The Hall–Kier alpha value is -3.08. The summed E-state index contributed by atoms with van der Waals surface area (Å²) in [6, 6.07) is 18.3. The summed E-state index contributed by atoms with van der Waals surface area (Å²) in [5.74, 6) is 1.18. The molecular formula is C24H28N4O. The molecule has 1 saturated heterocycles. The summed E-state index contributed by atoms with van der Waals surface area (Å²) < 4.78 is 2.21. The summed E-state index contributed by atoms with van der Waals surface area (Å²) in [5, 5.41) is 3.18. The van der Waals surface area contributed by atoms with Crippen LogP contribution in [0.5, 0.6) is 0 Å². The molecule has 0 bridgehead atoms. The number of carbonyl (C=O) groups excluding carboxylic acids is 1. The first-order chi connectivity index (χ1) is 14.2. The van der Waals surface area contributed by atoms with E-state index >= 15 is 0 Å². The number of nitrogens with zero attached hydrogens (tertiary/aromatic N) is 3. The zero-order valence-corrected chi connectivity index (χ0v) is 16.9. The second-order valence-electron chi connectivity index (χ2n) is 7.70. The molecule has 0 unspecified atom stereocenters. The van der Waals surface area contributed by atoms with Crippen molar-refractivity contribution in [2.24, 2.45) is 5.92 Å². The van der Waals surface area contributed by atoms with Gasteiger partial charge in [0.1, 0.15) is 0 Å². The lowest BCUT2D eigenvalue weighted by Crippen LogP contribution is -2.42. The van der Waals surface area contributed by atoms with Crippen LogP contribution in [0, 0.1) is 5.92 Å². The van der Waals surface area contributed by atoms with Crippen LogP contribution >= 0.6 is 0 Å². The molecule has 5 nitrogen and oxygen atoms in total. The first-order valence-electron chi connectivity index (χ1n) is 10.3. The number of benzene rings is 2. The van der Waals surface area contributed by atoms with E-state index in [1.807, 2.05) is 49.4 Å². The lowest BCUT2D eigenvalue weighted by atomic mass is 9.95. The molecule has 4 rings (SSSR count). The highest BCUT2D eigenvalue weighted by atomic mass is 16.1. The van der Waals surface area contributed by atoms with Gasteiger partial charge < -0.3 is 14.8 Å². The Bertz CT molecular complexity index is 987. The number of nitrogens with one attached hydrogen (secondary N) is 1. The molecule has 2 aromatic carbocycles. The van der Waals surface area contributed by atoms with Crippen LogP contribution in [0.15, 0.2) is 67.3 Å². The van der Waals surface area contributed by atoms with Gasteiger partial charge in [-0.15, -0.1) is 6.58 Å². The van der Waals surface area contributed by atoms with E-state index in [0.29, 0.717) is 0 Å². The van der Waals surface area contributed by atoms with Crippen LogP contribution in [0.3, 0.4) is 0 Å². The van der Waals surface area contributed by atoms with E-state index in [1.54, 1.807) is 0 Å². The maximum absolute atomic E-state index is 12.8. The van der Waals surface area contributed by atoms with Crippen molar-refractivity contribution in [1.29, 1.82) is 0 Å². The van der Waals surface area contributed by atoms with Crippen molar-refractivity contribution in [2.45, 2.75) is 32.4 Å². The minimum Gasteiger partial charge on any atom is -0.349 e. The van der Waals surface area contributed by atoms with Crippen molar-refractivity contribution in [1.82, 2.24) is 14.9 Å². The number of anilines is 1. The summed E-state index contributed by atoms with van der Waals surface area (Å²) in [7, 11) is 0.